The summed E-state index contributed by atoms with van der Waals surface area (Å²) in [5, 5.41) is 5.23. The van der Waals surface area contributed by atoms with E-state index >= 15 is 0 Å². The number of imide groups is 1. The second kappa shape index (κ2) is 3.49. The van der Waals surface area contributed by atoms with Gasteiger partial charge in [0.1, 0.15) is 6.04 Å². The van der Waals surface area contributed by atoms with E-state index in [0.29, 0.717) is 0 Å². The first kappa shape index (κ1) is 8.74. The normalized spacial score (nSPS) is 20.7. The lowest BCUT2D eigenvalue weighted by Gasteiger charge is -2.09. The molecule has 1 unspecified atom stereocenters. The van der Waals surface area contributed by atoms with Gasteiger partial charge in [-0.3, -0.25) is 14.9 Å². The SMILES string of the molecule is O=C1CC(Nc2ccccc2)C(=O)N1. The maximum Gasteiger partial charge on any atom is 0.249 e. The molecular weight excluding hydrogens is 180 g/mol. The fraction of sp³-hybridized carbons (Fsp3) is 0.200. The van der Waals surface area contributed by atoms with E-state index in [9.17, 15) is 9.59 Å². The Kier molecular flexibility index (Phi) is 2.18. The quantitative estimate of drug-likeness (QED) is 0.668. The number of hydrogen-bond donors (Lipinski definition) is 2. The second-order valence-electron chi connectivity index (χ2n) is 3.18. The Morgan fingerprint density at radius 3 is 2.50 bits per heavy atom. The molecule has 1 heterocycles. The van der Waals surface area contributed by atoms with Crippen LogP contribution in [0.3, 0.4) is 0 Å². The third kappa shape index (κ3) is 1.74. The summed E-state index contributed by atoms with van der Waals surface area (Å²) in [5.74, 6) is -0.470. The maximum absolute atomic E-state index is 11.2. The van der Waals surface area contributed by atoms with Gasteiger partial charge in [0.25, 0.3) is 0 Å². The zero-order valence-corrected chi connectivity index (χ0v) is 7.49. The second-order valence-corrected chi connectivity index (χ2v) is 3.18. The van der Waals surface area contributed by atoms with Gasteiger partial charge in [-0.05, 0) is 12.1 Å². The van der Waals surface area contributed by atoms with E-state index < -0.39 is 6.04 Å². The Bertz CT molecular complexity index is 362. The van der Waals surface area contributed by atoms with Gasteiger partial charge in [0.15, 0.2) is 0 Å². The van der Waals surface area contributed by atoms with Crippen LogP contribution in [0.25, 0.3) is 0 Å². The molecule has 0 spiro atoms. The van der Waals surface area contributed by atoms with Crippen LogP contribution in [-0.2, 0) is 9.59 Å². The van der Waals surface area contributed by atoms with Gasteiger partial charge in [-0.1, -0.05) is 18.2 Å². The van der Waals surface area contributed by atoms with Crippen molar-refractivity contribution in [3.8, 4) is 0 Å². The summed E-state index contributed by atoms with van der Waals surface area (Å²) >= 11 is 0. The minimum Gasteiger partial charge on any atom is -0.373 e. The summed E-state index contributed by atoms with van der Waals surface area (Å²) in [5.41, 5.74) is 0.849. The highest BCUT2D eigenvalue weighted by Gasteiger charge is 2.29. The molecule has 1 aliphatic rings. The van der Waals surface area contributed by atoms with E-state index in [-0.39, 0.29) is 18.2 Å². The van der Waals surface area contributed by atoms with Gasteiger partial charge < -0.3 is 5.32 Å². The van der Waals surface area contributed by atoms with E-state index in [1.54, 1.807) is 0 Å². The lowest BCUT2D eigenvalue weighted by molar-refractivity contribution is -0.124. The molecule has 0 radical (unpaired) electrons. The van der Waals surface area contributed by atoms with Crippen LogP contribution in [0.2, 0.25) is 0 Å². The fourth-order valence-electron chi connectivity index (χ4n) is 1.41. The van der Waals surface area contributed by atoms with Gasteiger partial charge >= 0.3 is 0 Å². The van der Waals surface area contributed by atoms with Crippen LogP contribution in [0.15, 0.2) is 30.3 Å². The predicted molar refractivity (Wildman–Crippen MR) is 51.6 cm³/mol. The molecule has 0 aromatic heterocycles. The Hall–Kier alpha value is -1.84. The van der Waals surface area contributed by atoms with E-state index in [1.807, 2.05) is 30.3 Å². The Balaban J connectivity index is 2.05. The van der Waals surface area contributed by atoms with Crippen LogP contribution >= 0.6 is 0 Å². The highest BCUT2D eigenvalue weighted by molar-refractivity contribution is 6.06. The smallest absolute Gasteiger partial charge is 0.249 e. The number of hydrogen-bond acceptors (Lipinski definition) is 3. The number of carbonyl (C=O) groups excluding carboxylic acids is 2. The Morgan fingerprint density at radius 2 is 1.93 bits per heavy atom. The van der Waals surface area contributed by atoms with Crippen molar-refractivity contribution < 1.29 is 9.59 Å². The maximum atomic E-state index is 11.2. The summed E-state index contributed by atoms with van der Waals surface area (Å²) < 4.78 is 0. The van der Waals surface area contributed by atoms with Gasteiger partial charge in [0.2, 0.25) is 11.8 Å². The predicted octanol–water partition coefficient (Wildman–Crippen LogP) is 0.514. The van der Waals surface area contributed by atoms with Gasteiger partial charge in [-0.15, -0.1) is 0 Å². The number of nitrogens with one attached hydrogen (secondary N) is 2. The third-order valence-corrected chi connectivity index (χ3v) is 2.08. The molecule has 4 heteroatoms. The molecular formula is C10H10N2O2. The number of rotatable bonds is 2. The molecule has 1 saturated heterocycles. The van der Waals surface area contributed by atoms with Gasteiger partial charge in [-0.25, -0.2) is 0 Å². The average molecular weight is 190 g/mol. The molecule has 0 saturated carbocycles. The van der Waals surface area contributed by atoms with Crippen LogP contribution < -0.4 is 10.6 Å². The van der Waals surface area contributed by atoms with Crippen LogP contribution in [-0.4, -0.2) is 17.9 Å². The van der Waals surface area contributed by atoms with Crippen LogP contribution in [0.5, 0.6) is 0 Å². The Labute approximate surface area is 81.3 Å². The van der Waals surface area contributed by atoms with Crippen molar-refractivity contribution in [2.24, 2.45) is 0 Å². The monoisotopic (exact) mass is 190 g/mol. The number of amides is 2. The Morgan fingerprint density at radius 1 is 1.21 bits per heavy atom. The van der Waals surface area contributed by atoms with Gasteiger partial charge in [0, 0.05) is 5.69 Å². The molecule has 72 valence electrons. The molecule has 2 rings (SSSR count). The van der Waals surface area contributed by atoms with Crippen molar-refractivity contribution in [1.29, 1.82) is 0 Å². The van der Waals surface area contributed by atoms with Crippen molar-refractivity contribution in [3.05, 3.63) is 30.3 Å². The standard InChI is InChI=1S/C10H10N2O2/c13-9-6-8(10(14)12-9)11-7-4-2-1-3-5-7/h1-5,8,11H,6H2,(H,12,13,14). The molecule has 2 amide bonds. The number of benzene rings is 1. The van der Waals surface area contributed by atoms with E-state index in [2.05, 4.69) is 10.6 Å². The first-order chi connectivity index (χ1) is 6.75. The molecule has 1 aromatic rings. The van der Waals surface area contributed by atoms with Crippen molar-refractivity contribution in [2.45, 2.75) is 12.5 Å². The van der Waals surface area contributed by atoms with Gasteiger partial charge in [0.05, 0.1) is 6.42 Å². The molecule has 1 aromatic carbocycles. The molecule has 1 aliphatic heterocycles. The molecule has 14 heavy (non-hydrogen) atoms. The van der Waals surface area contributed by atoms with Crippen LogP contribution in [0.4, 0.5) is 5.69 Å². The molecule has 4 nitrogen and oxygen atoms in total. The zero-order chi connectivity index (χ0) is 9.97. The molecule has 1 fully saturated rings. The largest absolute Gasteiger partial charge is 0.373 e. The first-order valence-corrected chi connectivity index (χ1v) is 4.41. The van der Waals surface area contributed by atoms with Crippen molar-refractivity contribution in [2.75, 3.05) is 5.32 Å². The fourth-order valence-corrected chi connectivity index (χ4v) is 1.41. The lowest BCUT2D eigenvalue weighted by Crippen LogP contribution is -2.29. The summed E-state index contributed by atoms with van der Waals surface area (Å²) in [6, 6.07) is 8.93. The highest BCUT2D eigenvalue weighted by Crippen LogP contribution is 2.11. The lowest BCUT2D eigenvalue weighted by atomic mass is 10.2. The number of para-hydroxylation sites is 1. The zero-order valence-electron chi connectivity index (χ0n) is 7.49. The van der Waals surface area contributed by atoms with Gasteiger partial charge in [-0.2, -0.15) is 0 Å². The molecule has 0 aliphatic carbocycles. The summed E-state index contributed by atoms with van der Waals surface area (Å²) in [6.45, 7) is 0. The first-order valence-electron chi connectivity index (χ1n) is 4.41. The van der Waals surface area contributed by atoms with Crippen LogP contribution in [0, 0.1) is 0 Å². The average Bonchev–Trinajstić information content (AvgIpc) is 2.47. The molecule has 0 bridgehead atoms. The van der Waals surface area contributed by atoms with Crippen molar-refractivity contribution in [3.63, 3.8) is 0 Å². The van der Waals surface area contributed by atoms with E-state index in [0.717, 1.165) is 5.69 Å². The summed E-state index contributed by atoms with van der Waals surface area (Å²) in [7, 11) is 0. The number of anilines is 1. The highest BCUT2D eigenvalue weighted by atomic mass is 16.2. The van der Waals surface area contributed by atoms with Crippen molar-refractivity contribution >= 4 is 17.5 Å². The third-order valence-electron chi connectivity index (χ3n) is 2.08. The number of carbonyl (C=O) groups is 2. The summed E-state index contributed by atoms with van der Waals surface area (Å²) in [4.78, 5) is 22.1. The molecule has 1 atom stereocenters. The van der Waals surface area contributed by atoms with Crippen LogP contribution in [0.1, 0.15) is 6.42 Å². The van der Waals surface area contributed by atoms with Crippen molar-refractivity contribution in [1.82, 2.24) is 5.32 Å². The van der Waals surface area contributed by atoms with E-state index in [4.69, 9.17) is 0 Å². The molecule has 2 N–H and O–H groups in total. The topological polar surface area (TPSA) is 58.2 Å². The minimum absolute atomic E-state index is 0.216. The minimum atomic E-state index is -0.426. The summed E-state index contributed by atoms with van der Waals surface area (Å²) in [6.07, 6.45) is 0.216. The van der Waals surface area contributed by atoms with E-state index in [1.165, 1.54) is 0 Å².